The van der Waals surface area contributed by atoms with Crippen molar-refractivity contribution >= 4 is 11.7 Å². The summed E-state index contributed by atoms with van der Waals surface area (Å²) in [7, 11) is 0. The molecule has 3 heterocycles. The van der Waals surface area contributed by atoms with Gasteiger partial charge in [-0.15, -0.1) is 0 Å². The van der Waals surface area contributed by atoms with Crippen LogP contribution in [0.25, 0.3) is 5.78 Å². The third-order valence-corrected chi connectivity index (χ3v) is 6.15. The number of morpholine rings is 1. The molecule has 0 unspecified atom stereocenters. The number of carbonyl (C=O) groups is 1. The minimum atomic E-state index is 0.194. The molecular formula is C21H31N5O2. The minimum Gasteiger partial charge on any atom is -0.371 e. The Balaban J connectivity index is 1.42. The third kappa shape index (κ3) is 4.04. The van der Waals surface area contributed by atoms with Gasteiger partial charge in [0.25, 0.3) is 5.78 Å². The molecule has 0 radical (unpaired) electrons. The Bertz CT molecular complexity index is 845. The lowest BCUT2D eigenvalue weighted by Gasteiger charge is -2.38. The van der Waals surface area contributed by atoms with Gasteiger partial charge in [0, 0.05) is 30.9 Å². The SMILES string of the molecule is CCCC[C@@H]1CN(C(=O)CCc2c(C)nc3ncnn3c2C)C[C@H](C2CC2)O1. The van der Waals surface area contributed by atoms with E-state index in [2.05, 4.69) is 26.9 Å². The molecule has 2 aromatic rings. The van der Waals surface area contributed by atoms with Crippen molar-refractivity contribution in [1.29, 1.82) is 0 Å². The number of amides is 1. The molecule has 1 aliphatic heterocycles. The molecule has 4 rings (SSSR count). The molecular weight excluding hydrogens is 354 g/mol. The predicted octanol–water partition coefficient (Wildman–Crippen LogP) is 2.87. The van der Waals surface area contributed by atoms with Crippen LogP contribution in [0.3, 0.4) is 0 Å². The Labute approximate surface area is 166 Å². The molecule has 7 heteroatoms. The first-order chi connectivity index (χ1) is 13.6. The van der Waals surface area contributed by atoms with Crippen LogP contribution in [0.4, 0.5) is 0 Å². The standard InChI is InChI=1S/C21H31N5O2/c1-4-5-6-17-11-25(12-19(28-17)16-7-8-16)20(27)10-9-18-14(2)24-21-22-13-23-26(21)15(18)3/h13,16-17,19H,4-12H2,1-3H3/t17-,19-/m1/s1. The predicted molar refractivity (Wildman–Crippen MR) is 106 cm³/mol. The van der Waals surface area contributed by atoms with E-state index in [0.717, 1.165) is 49.3 Å². The van der Waals surface area contributed by atoms with E-state index in [4.69, 9.17) is 4.74 Å². The van der Waals surface area contributed by atoms with Crippen molar-refractivity contribution < 1.29 is 9.53 Å². The first-order valence-corrected chi connectivity index (χ1v) is 10.7. The zero-order valence-corrected chi connectivity index (χ0v) is 17.2. The number of unbranched alkanes of at least 4 members (excludes halogenated alkanes) is 1. The fourth-order valence-electron chi connectivity index (χ4n) is 4.30. The van der Waals surface area contributed by atoms with E-state index in [-0.39, 0.29) is 18.1 Å². The molecule has 28 heavy (non-hydrogen) atoms. The summed E-state index contributed by atoms with van der Waals surface area (Å²) in [4.78, 5) is 23.8. The van der Waals surface area contributed by atoms with Crippen LogP contribution in [0.5, 0.6) is 0 Å². The van der Waals surface area contributed by atoms with E-state index in [0.29, 0.717) is 24.5 Å². The maximum atomic E-state index is 13.0. The average molecular weight is 386 g/mol. The van der Waals surface area contributed by atoms with Gasteiger partial charge in [-0.2, -0.15) is 10.1 Å². The quantitative estimate of drug-likeness (QED) is 0.733. The van der Waals surface area contributed by atoms with E-state index in [1.807, 2.05) is 13.8 Å². The summed E-state index contributed by atoms with van der Waals surface area (Å²) in [6.07, 6.45) is 9.00. The molecule has 2 aromatic heterocycles. The highest BCUT2D eigenvalue weighted by atomic mass is 16.5. The molecule has 2 aliphatic rings. The highest BCUT2D eigenvalue weighted by Crippen LogP contribution is 2.37. The molecule has 152 valence electrons. The van der Waals surface area contributed by atoms with E-state index in [1.54, 1.807) is 4.52 Å². The van der Waals surface area contributed by atoms with Gasteiger partial charge in [0.05, 0.1) is 12.2 Å². The van der Waals surface area contributed by atoms with Crippen molar-refractivity contribution in [2.75, 3.05) is 13.1 Å². The third-order valence-electron chi connectivity index (χ3n) is 6.15. The smallest absolute Gasteiger partial charge is 0.252 e. The van der Waals surface area contributed by atoms with E-state index >= 15 is 0 Å². The summed E-state index contributed by atoms with van der Waals surface area (Å²) in [6.45, 7) is 7.70. The van der Waals surface area contributed by atoms with Gasteiger partial charge in [0.1, 0.15) is 6.33 Å². The van der Waals surface area contributed by atoms with Crippen molar-refractivity contribution in [3.63, 3.8) is 0 Å². The largest absolute Gasteiger partial charge is 0.371 e. The van der Waals surface area contributed by atoms with Crippen LogP contribution in [-0.2, 0) is 16.0 Å². The Hall–Kier alpha value is -2.02. The van der Waals surface area contributed by atoms with Gasteiger partial charge < -0.3 is 9.64 Å². The van der Waals surface area contributed by atoms with E-state index in [9.17, 15) is 4.79 Å². The Morgan fingerprint density at radius 3 is 2.86 bits per heavy atom. The number of hydrogen-bond acceptors (Lipinski definition) is 5. The van der Waals surface area contributed by atoms with Gasteiger partial charge in [0.2, 0.25) is 5.91 Å². The van der Waals surface area contributed by atoms with Gasteiger partial charge in [0.15, 0.2) is 0 Å². The number of fused-ring (bicyclic) bond motifs is 1. The van der Waals surface area contributed by atoms with Crippen LogP contribution in [0.15, 0.2) is 6.33 Å². The van der Waals surface area contributed by atoms with Crippen LogP contribution in [-0.4, -0.2) is 55.7 Å². The zero-order chi connectivity index (χ0) is 19.7. The second kappa shape index (κ2) is 8.15. The van der Waals surface area contributed by atoms with Gasteiger partial charge in [-0.25, -0.2) is 9.50 Å². The molecule has 1 amide bonds. The molecule has 0 N–H and O–H groups in total. The number of nitrogens with zero attached hydrogens (tertiary/aromatic N) is 5. The summed E-state index contributed by atoms with van der Waals surface area (Å²) < 4.78 is 8.07. The van der Waals surface area contributed by atoms with Crippen molar-refractivity contribution in [2.24, 2.45) is 5.92 Å². The Kier molecular flexibility index (Phi) is 5.62. The van der Waals surface area contributed by atoms with Crippen LogP contribution < -0.4 is 0 Å². The molecule has 0 spiro atoms. The Morgan fingerprint density at radius 1 is 1.29 bits per heavy atom. The van der Waals surface area contributed by atoms with Crippen LogP contribution in [0.2, 0.25) is 0 Å². The van der Waals surface area contributed by atoms with Crippen molar-refractivity contribution in [2.45, 2.75) is 77.9 Å². The maximum absolute atomic E-state index is 13.0. The number of aromatic nitrogens is 4. The summed E-state index contributed by atoms with van der Waals surface area (Å²) >= 11 is 0. The molecule has 0 aromatic carbocycles. The van der Waals surface area contributed by atoms with E-state index in [1.165, 1.54) is 19.2 Å². The lowest BCUT2D eigenvalue weighted by atomic mass is 10.0. The number of aryl methyl sites for hydroxylation is 2. The van der Waals surface area contributed by atoms with Crippen LogP contribution in [0, 0.1) is 19.8 Å². The first-order valence-electron chi connectivity index (χ1n) is 10.7. The summed E-state index contributed by atoms with van der Waals surface area (Å²) in [5, 5.41) is 4.24. The molecule has 2 fully saturated rings. The molecule has 0 bridgehead atoms. The summed E-state index contributed by atoms with van der Waals surface area (Å²) in [5.74, 6) is 1.50. The number of carbonyl (C=O) groups excluding carboxylic acids is 1. The first kappa shape index (κ1) is 19.3. The minimum absolute atomic E-state index is 0.194. The van der Waals surface area contributed by atoms with Gasteiger partial charge in [-0.3, -0.25) is 4.79 Å². The summed E-state index contributed by atoms with van der Waals surface area (Å²) in [5.41, 5.74) is 3.05. The second-order valence-electron chi connectivity index (χ2n) is 8.31. The monoisotopic (exact) mass is 385 g/mol. The zero-order valence-electron chi connectivity index (χ0n) is 17.2. The normalized spacial score (nSPS) is 22.8. The lowest BCUT2D eigenvalue weighted by molar-refractivity contribution is -0.148. The number of ether oxygens (including phenoxy) is 1. The van der Waals surface area contributed by atoms with Gasteiger partial charge >= 0.3 is 0 Å². The topological polar surface area (TPSA) is 72.6 Å². The fraction of sp³-hybridized carbons (Fsp3) is 0.714. The lowest BCUT2D eigenvalue weighted by Crippen LogP contribution is -2.50. The molecule has 2 atom stereocenters. The fourth-order valence-corrected chi connectivity index (χ4v) is 4.30. The highest BCUT2D eigenvalue weighted by Gasteiger charge is 2.39. The number of hydrogen-bond donors (Lipinski definition) is 0. The van der Waals surface area contributed by atoms with Crippen LogP contribution in [0.1, 0.15) is 62.4 Å². The van der Waals surface area contributed by atoms with Crippen LogP contribution >= 0.6 is 0 Å². The highest BCUT2D eigenvalue weighted by molar-refractivity contribution is 5.76. The average Bonchev–Trinajstić information content (AvgIpc) is 3.44. The molecule has 1 aliphatic carbocycles. The van der Waals surface area contributed by atoms with Gasteiger partial charge in [-0.1, -0.05) is 19.8 Å². The number of rotatable bonds is 7. The summed E-state index contributed by atoms with van der Waals surface area (Å²) in [6, 6.07) is 0. The van der Waals surface area contributed by atoms with Crippen molar-refractivity contribution in [3.05, 3.63) is 23.3 Å². The second-order valence-corrected chi connectivity index (χ2v) is 8.31. The molecule has 1 saturated heterocycles. The van der Waals surface area contributed by atoms with Gasteiger partial charge in [-0.05, 0) is 51.0 Å². The maximum Gasteiger partial charge on any atom is 0.252 e. The Morgan fingerprint density at radius 2 is 2.11 bits per heavy atom. The van der Waals surface area contributed by atoms with Crippen molar-refractivity contribution in [3.8, 4) is 0 Å². The molecule has 1 saturated carbocycles. The van der Waals surface area contributed by atoms with Crippen molar-refractivity contribution in [1.82, 2.24) is 24.5 Å². The molecule has 7 nitrogen and oxygen atoms in total. The van der Waals surface area contributed by atoms with E-state index < -0.39 is 0 Å².